The van der Waals surface area contributed by atoms with Crippen molar-refractivity contribution in [2.75, 3.05) is 18.9 Å². The zero-order valence-corrected chi connectivity index (χ0v) is 15.9. The number of carbonyl (C=O) groups excluding carboxylic acids is 1. The molecule has 0 unspecified atom stereocenters. The normalized spacial score (nSPS) is 10.6. The first-order chi connectivity index (χ1) is 11.1. The second-order valence-electron chi connectivity index (χ2n) is 4.47. The number of amides is 1. The number of rotatable bonds is 8. The van der Waals surface area contributed by atoms with Crippen LogP contribution in [-0.2, 0) is 10.5 Å². The highest BCUT2D eigenvalue weighted by molar-refractivity contribution is 7.98. The third kappa shape index (κ3) is 6.43. The minimum atomic E-state index is -0.205. The topological polar surface area (TPSA) is 38.3 Å². The summed E-state index contributed by atoms with van der Waals surface area (Å²) >= 11 is 21.2. The number of ether oxygens (including phenoxy) is 1. The monoisotopic (exact) mass is 409 g/mol. The van der Waals surface area contributed by atoms with Crippen molar-refractivity contribution in [3.05, 3.63) is 49.6 Å². The lowest BCUT2D eigenvalue weighted by atomic mass is 10.3. The largest absolute Gasteiger partial charge is 0.482 e. The van der Waals surface area contributed by atoms with Gasteiger partial charge < -0.3 is 10.1 Å². The molecule has 0 aliphatic carbocycles. The third-order valence-electron chi connectivity index (χ3n) is 2.73. The predicted octanol–water partition coefficient (Wildman–Crippen LogP) is 5.14. The number of hydrogen-bond donors (Lipinski definition) is 1. The number of carbonyl (C=O) groups is 1. The van der Waals surface area contributed by atoms with Crippen molar-refractivity contribution < 1.29 is 9.53 Å². The summed E-state index contributed by atoms with van der Waals surface area (Å²) in [6, 6.07) is 7.12. The summed E-state index contributed by atoms with van der Waals surface area (Å²) in [5.74, 6) is 1.94. The molecule has 0 aliphatic rings. The lowest BCUT2D eigenvalue weighted by Crippen LogP contribution is -2.30. The van der Waals surface area contributed by atoms with E-state index >= 15 is 0 Å². The molecule has 0 radical (unpaired) electrons. The summed E-state index contributed by atoms with van der Waals surface area (Å²) in [5.41, 5.74) is 0. The van der Waals surface area contributed by atoms with E-state index < -0.39 is 0 Å². The summed E-state index contributed by atoms with van der Waals surface area (Å²) in [7, 11) is 0. The molecule has 1 amide bonds. The maximum atomic E-state index is 11.7. The Morgan fingerprint density at radius 3 is 2.74 bits per heavy atom. The van der Waals surface area contributed by atoms with E-state index in [4.69, 9.17) is 39.5 Å². The molecular weight excluding hydrogens is 397 g/mol. The van der Waals surface area contributed by atoms with Crippen molar-refractivity contribution in [1.29, 1.82) is 0 Å². The molecule has 0 spiro atoms. The van der Waals surface area contributed by atoms with E-state index in [1.165, 1.54) is 17.0 Å². The van der Waals surface area contributed by atoms with Crippen LogP contribution in [0.4, 0.5) is 0 Å². The summed E-state index contributed by atoms with van der Waals surface area (Å²) in [4.78, 5) is 13.1. The average molecular weight is 411 g/mol. The minimum Gasteiger partial charge on any atom is -0.482 e. The molecule has 0 aliphatic heterocycles. The van der Waals surface area contributed by atoms with Crippen molar-refractivity contribution in [2.45, 2.75) is 5.75 Å². The van der Waals surface area contributed by atoms with Crippen LogP contribution in [0.15, 0.2) is 29.6 Å². The van der Waals surface area contributed by atoms with E-state index in [0.717, 1.165) is 11.5 Å². The second-order valence-corrected chi connectivity index (χ2v) is 7.83. The molecule has 1 aromatic carbocycles. The Balaban J connectivity index is 1.64. The summed E-state index contributed by atoms with van der Waals surface area (Å²) in [6.45, 7) is 0.473. The van der Waals surface area contributed by atoms with Crippen LogP contribution in [0, 0.1) is 0 Å². The molecule has 23 heavy (non-hydrogen) atoms. The molecule has 0 saturated carbocycles. The number of nitrogens with one attached hydrogen (secondary N) is 1. The van der Waals surface area contributed by atoms with Crippen LogP contribution in [0.3, 0.4) is 0 Å². The Kier molecular flexibility index (Phi) is 7.86. The van der Waals surface area contributed by atoms with Crippen LogP contribution >= 0.6 is 57.9 Å². The van der Waals surface area contributed by atoms with Gasteiger partial charge in [0.25, 0.3) is 5.91 Å². The first-order valence-corrected chi connectivity index (χ1v) is 9.87. The Labute approximate surface area is 158 Å². The number of halogens is 3. The molecule has 2 rings (SSSR count). The van der Waals surface area contributed by atoms with Gasteiger partial charge in [-0.05, 0) is 17.5 Å². The standard InChI is InChI=1S/C15H14Cl3NO2S2/c16-11-6-13(18)14(7-12(11)17)21-8-15(20)19-3-5-22-9-10-2-1-4-23-10/h1-2,4,6-7H,3,5,8-9H2,(H,19,20). The van der Waals surface area contributed by atoms with E-state index in [2.05, 4.69) is 16.8 Å². The quantitative estimate of drug-likeness (QED) is 0.484. The zero-order chi connectivity index (χ0) is 16.7. The van der Waals surface area contributed by atoms with Crippen molar-refractivity contribution in [3.8, 4) is 5.75 Å². The average Bonchev–Trinajstić information content (AvgIpc) is 3.02. The number of thiophene rings is 1. The van der Waals surface area contributed by atoms with Gasteiger partial charge in [0.05, 0.1) is 15.1 Å². The fourth-order valence-electron chi connectivity index (χ4n) is 1.64. The van der Waals surface area contributed by atoms with Crippen molar-refractivity contribution in [3.63, 3.8) is 0 Å². The molecule has 8 heteroatoms. The highest BCUT2D eigenvalue weighted by Gasteiger charge is 2.09. The van der Waals surface area contributed by atoms with Gasteiger partial charge in [-0.2, -0.15) is 11.8 Å². The SMILES string of the molecule is O=C(COc1cc(Cl)c(Cl)cc1Cl)NCCSCc1cccs1. The molecule has 1 aromatic heterocycles. The zero-order valence-electron chi connectivity index (χ0n) is 12.0. The first kappa shape index (κ1) is 18.7. The van der Waals surface area contributed by atoms with E-state index in [1.54, 1.807) is 23.1 Å². The molecule has 124 valence electrons. The number of hydrogen-bond acceptors (Lipinski definition) is 4. The smallest absolute Gasteiger partial charge is 0.257 e. The second kappa shape index (κ2) is 9.64. The highest BCUT2D eigenvalue weighted by Crippen LogP contribution is 2.33. The number of benzene rings is 1. The predicted molar refractivity (Wildman–Crippen MR) is 100 cm³/mol. The molecule has 0 bridgehead atoms. The van der Waals surface area contributed by atoms with Gasteiger partial charge in [0, 0.05) is 29.0 Å². The fraction of sp³-hybridized carbons (Fsp3) is 0.267. The Bertz CT molecular complexity index is 650. The van der Waals surface area contributed by atoms with E-state index in [9.17, 15) is 4.79 Å². The van der Waals surface area contributed by atoms with Crippen LogP contribution in [0.25, 0.3) is 0 Å². The molecule has 1 heterocycles. The van der Waals surface area contributed by atoms with Crippen molar-refractivity contribution in [2.24, 2.45) is 0 Å². The van der Waals surface area contributed by atoms with Crippen LogP contribution in [0.1, 0.15) is 4.88 Å². The molecule has 0 atom stereocenters. The van der Waals surface area contributed by atoms with Gasteiger partial charge in [-0.3, -0.25) is 4.79 Å². The van der Waals surface area contributed by atoms with Crippen LogP contribution in [0.2, 0.25) is 15.1 Å². The van der Waals surface area contributed by atoms with Crippen molar-refractivity contribution in [1.82, 2.24) is 5.32 Å². The Morgan fingerprint density at radius 2 is 2.00 bits per heavy atom. The minimum absolute atomic E-state index is 0.118. The fourth-order valence-corrected chi connectivity index (χ4v) is 3.93. The molecule has 1 N–H and O–H groups in total. The van der Waals surface area contributed by atoms with E-state index in [0.29, 0.717) is 27.4 Å². The van der Waals surface area contributed by atoms with E-state index in [-0.39, 0.29) is 12.5 Å². The Hall–Kier alpha value is -0.590. The molecule has 0 saturated heterocycles. The first-order valence-electron chi connectivity index (χ1n) is 6.70. The highest BCUT2D eigenvalue weighted by atomic mass is 35.5. The lowest BCUT2D eigenvalue weighted by Gasteiger charge is -2.09. The molecule has 0 fully saturated rings. The molecular formula is C15H14Cl3NO2S2. The van der Waals surface area contributed by atoms with Crippen LogP contribution < -0.4 is 10.1 Å². The Morgan fingerprint density at radius 1 is 1.22 bits per heavy atom. The summed E-state index contributed by atoms with van der Waals surface area (Å²) in [6.07, 6.45) is 0. The van der Waals surface area contributed by atoms with Gasteiger partial charge in [0.2, 0.25) is 0 Å². The lowest BCUT2D eigenvalue weighted by molar-refractivity contribution is -0.122. The summed E-state index contributed by atoms with van der Waals surface area (Å²) in [5, 5.41) is 5.85. The van der Waals surface area contributed by atoms with Gasteiger partial charge in [0.1, 0.15) is 5.75 Å². The molecule has 2 aromatic rings. The van der Waals surface area contributed by atoms with Gasteiger partial charge in [-0.25, -0.2) is 0 Å². The van der Waals surface area contributed by atoms with Gasteiger partial charge in [-0.1, -0.05) is 40.9 Å². The maximum absolute atomic E-state index is 11.7. The summed E-state index contributed by atoms with van der Waals surface area (Å²) < 4.78 is 5.36. The van der Waals surface area contributed by atoms with Crippen LogP contribution in [-0.4, -0.2) is 24.8 Å². The third-order valence-corrected chi connectivity index (χ3v) is 5.81. The van der Waals surface area contributed by atoms with Gasteiger partial charge in [-0.15, -0.1) is 11.3 Å². The number of thioether (sulfide) groups is 1. The van der Waals surface area contributed by atoms with Crippen LogP contribution in [0.5, 0.6) is 5.75 Å². The van der Waals surface area contributed by atoms with Crippen molar-refractivity contribution >= 4 is 63.8 Å². The van der Waals surface area contributed by atoms with Gasteiger partial charge >= 0.3 is 0 Å². The van der Waals surface area contributed by atoms with E-state index in [1.807, 2.05) is 6.07 Å². The maximum Gasteiger partial charge on any atom is 0.257 e. The van der Waals surface area contributed by atoms with Gasteiger partial charge in [0.15, 0.2) is 6.61 Å². The molecule has 3 nitrogen and oxygen atoms in total.